The molecule has 296 valence electrons. The molecule has 0 heterocycles. The molecule has 57 heavy (non-hydrogen) atoms. The fourth-order valence-electron chi connectivity index (χ4n) is 7.99. The first-order valence-corrected chi connectivity index (χ1v) is 18.6. The van der Waals surface area contributed by atoms with Gasteiger partial charge < -0.3 is 34.5 Å². The largest absolute Gasteiger partial charge is 0.456 e. The molecule has 0 saturated heterocycles. The van der Waals surface area contributed by atoms with Crippen LogP contribution in [0, 0.1) is 5.41 Å². The molecule has 4 aromatic rings. The van der Waals surface area contributed by atoms with Gasteiger partial charge in [-0.15, -0.1) is 0 Å². The van der Waals surface area contributed by atoms with Gasteiger partial charge in [-0.05, 0) is 47.9 Å². The molecule has 2 aliphatic rings. The Hall–Kier alpha value is -6.11. The van der Waals surface area contributed by atoms with Gasteiger partial charge in [0.25, 0.3) is 5.91 Å². The number of carbonyl (C=O) groups is 5. The van der Waals surface area contributed by atoms with Gasteiger partial charge in [-0.3, -0.25) is 14.4 Å². The SMILES string of the molecule is CC(=O)O[C@@H]1C2=C(C)[C@@H](OC(=O)[C@H](O)[C@@H](NC(=O)c3ccccc3)c3ccccc3)C[C@@](O)([C@@H](OC(=O)c3ccccc3)c3ccccc3[C@H]1OC(C)=O)C2(C)C. The third-order valence-electron chi connectivity index (χ3n) is 10.9. The normalized spacial score (nSPS) is 23.3. The van der Waals surface area contributed by atoms with E-state index in [1.165, 1.54) is 13.8 Å². The van der Waals surface area contributed by atoms with Crippen LogP contribution in [0.15, 0.2) is 126 Å². The van der Waals surface area contributed by atoms with Gasteiger partial charge in [0.1, 0.15) is 11.7 Å². The van der Waals surface area contributed by atoms with Gasteiger partial charge in [0.05, 0.1) is 11.6 Å². The predicted octanol–water partition coefficient (Wildman–Crippen LogP) is 6.06. The van der Waals surface area contributed by atoms with Gasteiger partial charge in [-0.25, -0.2) is 9.59 Å². The molecule has 0 fully saturated rings. The maximum Gasteiger partial charge on any atom is 0.338 e. The number of benzene rings is 4. The number of ether oxygens (including phenoxy) is 4. The molecule has 2 bridgehead atoms. The van der Waals surface area contributed by atoms with E-state index < -0.39 is 77.4 Å². The second kappa shape index (κ2) is 16.5. The Morgan fingerprint density at radius 3 is 1.77 bits per heavy atom. The molecule has 2 aliphatic carbocycles. The van der Waals surface area contributed by atoms with E-state index in [0.717, 1.165) is 0 Å². The van der Waals surface area contributed by atoms with Crippen molar-refractivity contribution in [2.75, 3.05) is 0 Å². The monoisotopic (exact) mass is 775 g/mol. The van der Waals surface area contributed by atoms with E-state index in [0.29, 0.717) is 22.3 Å². The maximum atomic E-state index is 14.2. The van der Waals surface area contributed by atoms with Gasteiger partial charge >= 0.3 is 23.9 Å². The number of hydrogen-bond acceptors (Lipinski definition) is 11. The smallest absolute Gasteiger partial charge is 0.338 e. The lowest BCUT2D eigenvalue weighted by Crippen LogP contribution is -2.61. The zero-order chi connectivity index (χ0) is 41.1. The molecule has 12 nitrogen and oxygen atoms in total. The minimum Gasteiger partial charge on any atom is -0.456 e. The van der Waals surface area contributed by atoms with Crippen LogP contribution in [0.1, 0.15) is 96.7 Å². The van der Waals surface area contributed by atoms with Crippen LogP contribution in [-0.4, -0.2) is 63.9 Å². The van der Waals surface area contributed by atoms with Crippen LogP contribution >= 0.6 is 0 Å². The Morgan fingerprint density at radius 1 is 0.684 bits per heavy atom. The molecular weight excluding hydrogens is 730 g/mol. The standard InChI is InChI=1S/C45H45NO11/c1-26-34(56-43(52)37(49)36(29-17-9-6-10-18-29)46-41(50)30-19-11-7-12-20-30)25-45(53)40(57-42(51)31-21-13-8-14-22-31)33-24-16-15-23-32(33)38(54-27(2)47)39(55-28(3)48)35(26)44(45,4)5/h6-24,34,36-40,49,53H,25H2,1-5H3,(H,46,50)/t34-,36-,37+,38+,39+,40-,45+/m0/s1. The first-order valence-electron chi connectivity index (χ1n) is 18.6. The molecule has 4 aromatic carbocycles. The van der Waals surface area contributed by atoms with Crippen molar-refractivity contribution in [1.82, 2.24) is 5.32 Å². The number of rotatable bonds is 10. The summed E-state index contributed by atoms with van der Waals surface area (Å²) in [5.74, 6) is -3.89. The summed E-state index contributed by atoms with van der Waals surface area (Å²) < 4.78 is 24.2. The van der Waals surface area contributed by atoms with E-state index in [2.05, 4.69) is 5.32 Å². The van der Waals surface area contributed by atoms with E-state index in [1.54, 1.807) is 136 Å². The van der Waals surface area contributed by atoms with E-state index in [-0.39, 0.29) is 23.1 Å². The van der Waals surface area contributed by atoms with Crippen LogP contribution in [0.4, 0.5) is 0 Å². The number of aliphatic hydroxyl groups excluding tert-OH is 1. The number of carbonyl (C=O) groups excluding carboxylic acids is 5. The number of esters is 4. The van der Waals surface area contributed by atoms with Crippen LogP contribution in [0.3, 0.4) is 0 Å². The van der Waals surface area contributed by atoms with Gasteiger partial charge in [0, 0.05) is 42.4 Å². The highest BCUT2D eigenvalue weighted by atomic mass is 16.6. The topological polar surface area (TPSA) is 175 Å². The van der Waals surface area contributed by atoms with Crippen LogP contribution in [0.25, 0.3) is 0 Å². The van der Waals surface area contributed by atoms with E-state index in [9.17, 15) is 34.2 Å². The summed E-state index contributed by atoms with van der Waals surface area (Å²) in [6.45, 7) is 7.39. The first kappa shape index (κ1) is 40.6. The highest BCUT2D eigenvalue weighted by Crippen LogP contribution is 2.59. The van der Waals surface area contributed by atoms with Crippen LogP contribution in [0.2, 0.25) is 0 Å². The maximum absolute atomic E-state index is 14.2. The molecule has 0 radical (unpaired) electrons. The predicted molar refractivity (Wildman–Crippen MR) is 206 cm³/mol. The van der Waals surface area contributed by atoms with Crippen LogP contribution < -0.4 is 5.32 Å². The van der Waals surface area contributed by atoms with Crippen LogP contribution in [0.5, 0.6) is 0 Å². The summed E-state index contributed by atoms with van der Waals surface area (Å²) in [5.41, 5.74) is -1.45. The second-order valence-electron chi connectivity index (χ2n) is 14.8. The van der Waals surface area contributed by atoms with Crippen molar-refractivity contribution in [2.24, 2.45) is 5.41 Å². The van der Waals surface area contributed by atoms with Crippen molar-refractivity contribution in [3.8, 4) is 0 Å². The van der Waals surface area contributed by atoms with Crippen molar-refractivity contribution in [3.63, 3.8) is 0 Å². The third kappa shape index (κ3) is 8.09. The lowest BCUT2D eigenvalue weighted by molar-refractivity contribution is -0.194. The Bertz CT molecular complexity index is 2170. The number of aliphatic hydroxyl groups is 2. The van der Waals surface area contributed by atoms with Crippen molar-refractivity contribution in [3.05, 3.63) is 154 Å². The minimum absolute atomic E-state index is 0.200. The summed E-state index contributed by atoms with van der Waals surface area (Å²) in [6.07, 6.45) is -7.74. The average molecular weight is 776 g/mol. The summed E-state index contributed by atoms with van der Waals surface area (Å²) in [4.78, 5) is 67.0. The molecular formula is C45H45NO11. The summed E-state index contributed by atoms with van der Waals surface area (Å²) in [6, 6.07) is 30.2. The van der Waals surface area contributed by atoms with E-state index >= 15 is 0 Å². The molecule has 0 aliphatic heterocycles. The highest BCUT2D eigenvalue weighted by Gasteiger charge is 2.63. The van der Waals surface area contributed by atoms with Gasteiger partial charge in [0.15, 0.2) is 24.4 Å². The molecule has 0 unspecified atom stereocenters. The van der Waals surface area contributed by atoms with Crippen molar-refractivity contribution >= 4 is 29.8 Å². The molecule has 3 N–H and O–H groups in total. The van der Waals surface area contributed by atoms with Crippen molar-refractivity contribution in [2.45, 2.75) is 83.2 Å². The zero-order valence-electron chi connectivity index (χ0n) is 32.2. The van der Waals surface area contributed by atoms with Crippen molar-refractivity contribution < 1.29 is 53.1 Å². The highest BCUT2D eigenvalue weighted by molar-refractivity contribution is 5.95. The Labute approximate surface area is 330 Å². The molecule has 0 aromatic heterocycles. The molecule has 7 atom stereocenters. The van der Waals surface area contributed by atoms with Gasteiger partial charge in [-0.1, -0.05) is 105 Å². The quantitative estimate of drug-likeness (QED) is 0.0971. The average Bonchev–Trinajstić information content (AvgIpc) is 3.20. The van der Waals surface area contributed by atoms with Crippen LogP contribution in [-0.2, 0) is 33.3 Å². The Balaban J connectivity index is 1.48. The number of nitrogens with one attached hydrogen (secondary N) is 1. The minimum atomic E-state index is -2.10. The van der Waals surface area contributed by atoms with Gasteiger partial charge in [-0.2, -0.15) is 0 Å². The lowest BCUT2D eigenvalue weighted by Gasteiger charge is -2.56. The number of fused-ring (bicyclic) bond motifs is 3. The molecule has 6 rings (SSSR count). The summed E-state index contributed by atoms with van der Waals surface area (Å²) >= 11 is 0. The molecule has 0 spiro atoms. The molecule has 12 heteroatoms. The van der Waals surface area contributed by atoms with Gasteiger partial charge in [0.2, 0.25) is 0 Å². The fraction of sp³-hybridized carbons (Fsp3) is 0.311. The zero-order valence-corrected chi connectivity index (χ0v) is 32.2. The van der Waals surface area contributed by atoms with E-state index in [4.69, 9.17) is 18.9 Å². The lowest BCUT2D eigenvalue weighted by atomic mass is 9.55. The molecule has 0 saturated carbocycles. The first-order chi connectivity index (χ1) is 27.1. The fourth-order valence-corrected chi connectivity index (χ4v) is 7.99. The summed E-state index contributed by atoms with van der Waals surface area (Å²) in [7, 11) is 0. The number of hydrogen-bond donors (Lipinski definition) is 3. The molecule has 1 amide bonds. The Morgan fingerprint density at radius 2 is 1.19 bits per heavy atom. The Kier molecular flexibility index (Phi) is 11.8. The second-order valence-corrected chi connectivity index (χ2v) is 14.8. The third-order valence-corrected chi connectivity index (χ3v) is 10.9. The number of amides is 1. The van der Waals surface area contributed by atoms with E-state index in [1.807, 2.05) is 0 Å². The van der Waals surface area contributed by atoms with Crippen molar-refractivity contribution in [1.29, 1.82) is 0 Å². The summed E-state index contributed by atoms with van der Waals surface area (Å²) in [5, 5.41) is 27.7.